The standard InChI is InChI=1S/C31H26N2O5/c1-37-25-4-2-3-5-26(25)38-20-12-8-18(9-13-20)32-29(34)17-6-10-19(11-7-17)33-30(35)27-21-14-15-22(24-16-23(21)24)28(27)31(33)36/h2-15,21-24,27-28H,16H2,1H3,(H,32,34)/t21-,22-,23-,24+,27+,28+/m0/s1. The van der Waals surface area contributed by atoms with Crippen molar-refractivity contribution in [1.82, 2.24) is 0 Å². The number of ether oxygens (including phenoxy) is 2. The van der Waals surface area contributed by atoms with Crippen molar-refractivity contribution < 1.29 is 23.9 Å². The number of rotatable bonds is 6. The summed E-state index contributed by atoms with van der Waals surface area (Å²) in [6, 6.07) is 21.1. The smallest absolute Gasteiger partial charge is 0.255 e. The molecule has 1 aliphatic heterocycles. The molecule has 5 aliphatic rings. The second kappa shape index (κ2) is 8.58. The average molecular weight is 507 g/mol. The van der Waals surface area contributed by atoms with E-state index in [-0.39, 0.29) is 41.4 Å². The van der Waals surface area contributed by atoms with Crippen LogP contribution in [-0.4, -0.2) is 24.8 Å². The number of carbonyl (C=O) groups is 3. The summed E-state index contributed by atoms with van der Waals surface area (Å²) < 4.78 is 11.2. The molecule has 0 spiro atoms. The van der Waals surface area contributed by atoms with Crippen LogP contribution in [0.3, 0.4) is 0 Å². The fourth-order valence-corrected chi connectivity index (χ4v) is 6.61. The van der Waals surface area contributed by atoms with Gasteiger partial charge in [0.05, 0.1) is 24.6 Å². The summed E-state index contributed by atoms with van der Waals surface area (Å²) in [6.07, 6.45) is 5.47. The fourth-order valence-electron chi connectivity index (χ4n) is 6.61. The third-order valence-corrected chi connectivity index (χ3v) is 8.46. The van der Waals surface area contributed by atoms with Crippen LogP contribution in [0.25, 0.3) is 0 Å². The van der Waals surface area contributed by atoms with E-state index in [0.717, 1.165) is 6.42 Å². The first-order chi connectivity index (χ1) is 18.5. The van der Waals surface area contributed by atoms with Gasteiger partial charge in [0.1, 0.15) is 5.75 Å². The van der Waals surface area contributed by atoms with E-state index < -0.39 is 0 Å². The van der Waals surface area contributed by atoms with E-state index >= 15 is 0 Å². The second-order valence-electron chi connectivity index (χ2n) is 10.4. The van der Waals surface area contributed by atoms with E-state index in [4.69, 9.17) is 9.47 Å². The van der Waals surface area contributed by atoms with Gasteiger partial charge in [0.25, 0.3) is 5.91 Å². The molecule has 2 bridgehead atoms. The molecule has 0 radical (unpaired) electrons. The van der Waals surface area contributed by atoms with Crippen molar-refractivity contribution in [3.05, 3.63) is 90.5 Å². The number of nitrogens with one attached hydrogen (secondary N) is 1. The normalized spacial score (nSPS) is 28.1. The van der Waals surface area contributed by atoms with Crippen molar-refractivity contribution >= 4 is 29.1 Å². The Morgan fingerprint density at radius 1 is 0.816 bits per heavy atom. The lowest BCUT2D eigenvalue weighted by atomic mass is 9.63. The van der Waals surface area contributed by atoms with Crippen LogP contribution in [0.2, 0.25) is 0 Å². The lowest BCUT2D eigenvalue weighted by Crippen LogP contribution is -2.40. The molecule has 1 saturated heterocycles. The molecule has 0 unspecified atom stereocenters. The highest BCUT2D eigenvalue weighted by Gasteiger charge is 2.67. The van der Waals surface area contributed by atoms with Crippen molar-refractivity contribution in [2.75, 3.05) is 17.3 Å². The predicted molar refractivity (Wildman–Crippen MR) is 141 cm³/mol. The number of benzene rings is 3. The highest BCUT2D eigenvalue weighted by Crippen LogP contribution is 2.65. The minimum Gasteiger partial charge on any atom is -0.493 e. The van der Waals surface area contributed by atoms with E-state index in [9.17, 15) is 14.4 Å². The maximum absolute atomic E-state index is 13.3. The van der Waals surface area contributed by atoms with Crippen LogP contribution in [0.5, 0.6) is 17.2 Å². The molecule has 3 aromatic rings. The zero-order chi connectivity index (χ0) is 26.0. The van der Waals surface area contributed by atoms with Gasteiger partial charge in [-0.2, -0.15) is 0 Å². The molecule has 7 heteroatoms. The van der Waals surface area contributed by atoms with Gasteiger partial charge in [0.2, 0.25) is 11.8 Å². The summed E-state index contributed by atoms with van der Waals surface area (Å²) in [7, 11) is 1.59. The Kier molecular flexibility index (Phi) is 5.15. The topological polar surface area (TPSA) is 84.9 Å². The van der Waals surface area contributed by atoms with Gasteiger partial charge in [0.15, 0.2) is 11.5 Å². The van der Waals surface area contributed by atoms with E-state index in [2.05, 4.69) is 17.5 Å². The third kappa shape index (κ3) is 3.53. The predicted octanol–water partition coefficient (Wildman–Crippen LogP) is 5.30. The molecule has 1 heterocycles. The van der Waals surface area contributed by atoms with Crippen LogP contribution in [0.4, 0.5) is 11.4 Å². The Labute approximate surface area is 220 Å². The highest BCUT2D eigenvalue weighted by molar-refractivity contribution is 6.22. The number of hydrogen-bond acceptors (Lipinski definition) is 5. The quantitative estimate of drug-likeness (QED) is 0.362. The number of carbonyl (C=O) groups excluding carboxylic acids is 3. The molecule has 3 amide bonds. The van der Waals surface area contributed by atoms with Gasteiger partial charge in [-0.1, -0.05) is 24.3 Å². The summed E-state index contributed by atoms with van der Waals surface area (Å²) in [5, 5.41) is 2.87. The number of nitrogens with zero attached hydrogens (tertiary/aromatic N) is 1. The molecule has 6 atom stereocenters. The number of imide groups is 1. The maximum Gasteiger partial charge on any atom is 0.255 e. The van der Waals surface area contributed by atoms with Gasteiger partial charge in [-0.05, 0) is 90.8 Å². The van der Waals surface area contributed by atoms with E-state index in [1.807, 2.05) is 24.3 Å². The number of anilines is 2. The molecule has 3 aromatic carbocycles. The van der Waals surface area contributed by atoms with Gasteiger partial charge in [-0.15, -0.1) is 0 Å². The number of hydrogen-bond donors (Lipinski definition) is 1. The number of allylic oxidation sites excluding steroid dienone is 2. The van der Waals surface area contributed by atoms with Crippen molar-refractivity contribution in [3.8, 4) is 17.2 Å². The van der Waals surface area contributed by atoms with Crippen molar-refractivity contribution in [2.24, 2.45) is 35.5 Å². The van der Waals surface area contributed by atoms with Gasteiger partial charge >= 0.3 is 0 Å². The van der Waals surface area contributed by atoms with Gasteiger partial charge < -0.3 is 14.8 Å². The minimum absolute atomic E-state index is 0.0997. The average Bonchev–Trinajstić information content (AvgIpc) is 3.73. The Morgan fingerprint density at radius 3 is 2.03 bits per heavy atom. The molecule has 4 aliphatic carbocycles. The lowest BCUT2D eigenvalue weighted by Gasteiger charge is -2.37. The van der Waals surface area contributed by atoms with Crippen molar-refractivity contribution in [1.29, 1.82) is 0 Å². The zero-order valence-corrected chi connectivity index (χ0v) is 20.7. The number of para-hydroxylation sites is 2. The van der Waals surface area contributed by atoms with Crippen LogP contribution in [-0.2, 0) is 9.59 Å². The molecular weight excluding hydrogens is 480 g/mol. The number of amides is 3. The van der Waals surface area contributed by atoms with Crippen LogP contribution in [0, 0.1) is 35.5 Å². The Morgan fingerprint density at radius 2 is 1.42 bits per heavy atom. The van der Waals surface area contributed by atoms with Crippen molar-refractivity contribution in [3.63, 3.8) is 0 Å². The van der Waals surface area contributed by atoms with Gasteiger partial charge in [-0.3, -0.25) is 19.3 Å². The summed E-state index contributed by atoms with van der Waals surface area (Å²) in [5.41, 5.74) is 1.57. The molecule has 3 fully saturated rings. The number of methoxy groups -OCH3 is 1. The minimum atomic E-state index is -0.287. The molecule has 1 N–H and O–H groups in total. The summed E-state index contributed by atoms with van der Waals surface area (Å²) in [6.45, 7) is 0. The van der Waals surface area contributed by atoms with Crippen LogP contribution in [0.15, 0.2) is 84.9 Å². The Bertz CT molecular complexity index is 1440. The maximum atomic E-state index is 13.3. The van der Waals surface area contributed by atoms with Crippen LogP contribution >= 0.6 is 0 Å². The molecule has 2 saturated carbocycles. The van der Waals surface area contributed by atoms with Gasteiger partial charge in [0, 0.05) is 11.3 Å². The monoisotopic (exact) mass is 506 g/mol. The molecule has 8 rings (SSSR count). The zero-order valence-electron chi connectivity index (χ0n) is 20.7. The molecule has 7 nitrogen and oxygen atoms in total. The second-order valence-corrected chi connectivity index (χ2v) is 10.4. The Balaban J connectivity index is 1.02. The first-order valence-corrected chi connectivity index (χ1v) is 12.9. The lowest BCUT2D eigenvalue weighted by molar-refractivity contribution is -0.124. The van der Waals surface area contributed by atoms with Gasteiger partial charge in [-0.25, -0.2) is 0 Å². The van der Waals surface area contributed by atoms with Crippen LogP contribution < -0.4 is 19.7 Å². The Hall–Kier alpha value is -4.39. The third-order valence-electron chi connectivity index (χ3n) is 8.46. The summed E-state index contributed by atoms with van der Waals surface area (Å²) in [5.74, 6) is 2.39. The van der Waals surface area contributed by atoms with E-state index in [0.29, 0.717) is 46.0 Å². The fraction of sp³-hybridized carbons (Fsp3) is 0.258. The van der Waals surface area contributed by atoms with E-state index in [1.165, 1.54) is 4.90 Å². The summed E-state index contributed by atoms with van der Waals surface area (Å²) in [4.78, 5) is 40.8. The van der Waals surface area contributed by atoms with E-state index in [1.54, 1.807) is 55.6 Å². The summed E-state index contributed by atoms with van der Waals surface area (Å²) >= 11 is 0. The van der Waals surface area contributed by atoms with Crippen molar-refractivity contribution in [2.45, 2.75) is 6.42 Å². The SMILES string of the molecule is COc1ccccc1Oc1ccc(NC(=O)c2ccc(N3C(=O)[C@@H]4[C@H]5C=C[C@@H]([C@@H]6C[C@H]56)[C@H]4C3=O)cc2)cc1. The highest BCUT2D eigenvalue weighted by atomic mass is 16.5. The molecule has 0 aromatic heterocycles. The largest absolute Gasteiger partial charge is 0.493 e. The first-order valence-electron chi connectivity index (χ1n) is 12.9. The first kappa shape index (κ1) is 22.8. The molecule has 190 valence electrons. The molecular formula is C31H26N2O5. The van der Waals surface area contributed by atoms with Crippen LogP contribution in [0.1, 0.15) is 16.8 Å². The molecule has 38 heavy (non-hydrogen) atoms.